The Hall–Kier alpha value is -0.900. The van der Waals surface area contributed by atoms with Gasteiger partial charge in [-0.2, -0.15) is 0 Å². The summed E-state index contributed by atoms with van der Waals surface area (Å²) in [6.45, 7) is 7.63. The van der Waals surface area contributed by atoms with E-state index in [4.69, 9.17) is 4.74 Å². The highest BCUT2D eigenvalue weighted by molar-refractivity contribution is 5.20. The normalized spacial score (nSPS) is 24.9. The number of benzene rings is 1. The second-order valence-electron chi connectivity index (χ2n) is 4.88. The first-order valence-corrected chi connectivity index (χ1v) is 6.83. The van der Waals surface area contributed by atoms with E-state index >= 15 is 0 Å². The Morgan fingerprint density at radius 2 is 1.94 bits per heavy atom. The number of rotatable bonds is 6. The number of aliphatic hydroxyl groups is 1. The molecule has 1 aliphatic rings. The first kappa shape index (κ1) is 13.5. The van der Waals surface area contributed by atoms with Gasteiger partial charge in [-0.05, 0) is 18.7 Å². The molecule has 1 unspecified atom stereocenters. The third-order valence-electron chi connectivity index (χ3n) is 3.82. The van der Waals surface area contributed by atoms with E-state index in [-0.39, 0.29) is 18.1 Å². The van der Waals surface area contributed by atoms with Gasteiger partial charge in [0, 0.05) is 12.5 Å². The van der Waals surface area contributed by atoms with Crippen LogP contribution in [0.5, 0.6) is 0 Å². The van der Waals surface area contributed by atoms with Crippen molar-refractivity contribution >= 4 is 0 Å². The molecule has 100 valence electrons. The molecule has 1 fully saturated rings. The van der Waals surface area contributed by atoms with Gasteiger partial charge in [0.15, 0.2) is 0 Å². The van der Waals surface area contributed by atoms with Crippen LogP contribution in [0.1, 0.15) is 25.5 Å². The molecule has 1 aliphatic heterocycles. The monoisotopic (exact) mass is 249 g/mol. The maximum atomic E-state index is 10.3. The minimum atomic E-state index is -0.302. The molecule has 1 saturated heterocycles. The predicted molar refractivity (Wildman–Crippen MR) is 72.4 cm³/mol. The lowest BCUT2D eigenvalue weighted by Gasteiger charge is -2.41. The van der Waals surface area contributed by atoms with Crippen molar-refractivity contribution in [3.05, 3.63) is 35.9 Å². The van der Waals surface area contributed by atoms with Crippen molar-refractivity contribution in [3.8, 4) is 0 Å². The van der Waals surface area contributed by atoms with Gasteiger partial charge in [0.1, 0.15) is 0 Å². The molecular weight excluding hydrogens is 226 g/mol. The Balaban J connectivity index is 1.93. The van der Waals surface area contributed by atoms with Crippen molar-refractivity contribution in [3.63, 3.8) is 0 Å². The Labute approximate surface area is 109 Å². The minimum absolute atomic E-state index is 0.0664. The van der Waals surface area contributed by atoms with Crippen LogP contribution in [-0.2, 0) is 4.74 Å². The summed E-state index contributed by atoms with van der Waals surface area (Å²) in [6.07, 6.45) is -0.236. The van der Waals surface area contributed by atoms with Crippen LogP contribution in [-0.4, -0.2) is 42.4 Å². The second kappa shape index (κ2) is 6.32. The van der Waals surface area contributed by atoms with Gasteiger partial charge in [-0.3, -0.25) is 0 Å². The van der Waals surface area contributed by atoms with E-state index in [2.05, 4.69) is 30.9 Å². The molecule has 0 aromatic heterocycles. The highest BCUT2D eigenvalue weighted by Gasteiger charge is 2.38. The Bertz CT molecular complexity index is 351. The molecule has 3 nitrogen and oxygen atoms in total. The van der Waals surface area contributed by atoms with Crippen LogP contribution < -0.4 is 0 Å². The Morgan fingerprint density at radius 3 is 2.44 bits per heavy atom. The zero-order chi connectivity index (χ0) is 13.0. The third kappa shape index (κ3) is 2.91. The summed E-state index contributed by atoms with van der Waals surface area (Å²) in [5.74, 6) is 0.230. The molecule has 18 heavy (non-hydrogen) atoms. The number of hydrogen-bond donors (Lipinski definition) is 1. The number of nitrogens with zero attached hydrogens (tertiary/aromatic N) is 1. The van der Waals surface area contributed by atoms with Crippen LogP contribution in [0.2, 0.25) is 0 Å². The van der Waals surface area contributed by atoms with Gasteiger partial charge in [-0.1, -0.05) is 44.2 Å². The Kier molecular flexibility index (Phi) is 4.75. The van der Waals surface area contributed by atoms with Crippen LogP contribution in [0.25, 0.3) is 0 Å². The highest BCUT2D eigenvalue weighted by atomic mass is 16.5. The molecular formula is C15H23NO2. The topological polar surface area (TPSA) is 32.7 Å². The summed E-state index contributed by atoms with van der Waals surface area (Å²) in [6, 6.07) is 10.2. The van der Waals surface area contributed by atoms with Gasteiger partial charge < -0.3 is 14.7 Å². The first-order valence-electron chi connectivity index (χ1n) is 6.83. The van der Waals surface area contributed by atoms with Gasteiger partial charge in [-0.15, -0.1) is 0 Å². The molecule has 0 saturated carbocycles. The quantitative estimate of drug-likeness (QED) is 0.838. The molecule has 0 aliphatic carbocycles. The van der Waals surface area contributed by atoms with Gasteiger partial charge in [0.25, 0.3) is 0 Å². The van der Waals surface area contributed by atoms with Gasteiger partial charge in [0.05, 0.1) is 18.8 Å². The van der Waals surface area contributed by atoms with Gasteiger partial charge in [-0.25, -0.2) is 0 Å². The molecule has 0 radical (unpaired) electrons. The van der Waals surface area contributed by atoms with E-state index in [1.807, 2.05) is 18.2 Å². The average molecular weight is 249 g/mol. The lowest BCUT2D eigenvalue weighted by molar-refractivity contribution is -0.164. The van der Waals surface area contributed by atoms with Crippen molar-refractivity contribution in [1.82, 2.24) is 4.90 Å². The van der Waals surface area contributed by atoms with Gasteiger partial charge in [0.2, 0.25) is 0 Å². The summed E-state index contributed by atoms with van der Waals surface area (Å²) in [5, 5.41) is 10.3. The molecule has 0 bridgehead atoms. The lowest BCUT2D eigenvalue weighted by atomic mass is 9.87. The molecule has 0 spiro atoms. The molecule has 3 atom stereocenters. The fourth-order valence-electron chi connectivity index (χ4n) is 2.48. The Morgan fingerprint density at radius 1 is 1.28 bits per heavy atom. The third-order valence-corrected chi connectivity index (χ3v) is 3.82. The standard InChI is InChI=1S/C15H23NO2/c1-3-16(4-2)10-14(17)13-11-18-15(13)12-8-6-5-7-9-12/h5-9,13-15,17H,3-4,10-11H2,1-2H3/t13-,14?,15-/m0/s1. The van der Waals surface area contributed by atoms with Crippen molar-refractivity contribution in [2.45, 2.75) is 26.1 Å². The first-order chi connectivity index (χ1) is 8.76. The van der Waals surface area contributed by atoms with Crippen molar-refractivity contribution in [2.75, 3.05) is 26.2 Å². The summed E-state index contributed by atoms with van der Waals surface area (Å²) in [7, 11) is 0. The zero-order valence-corrected chi connectivity index (χ0v) is 11.2. The van der Waals surface area contributed by atoms with E-state index in [1.165, 1.54) is 5.56 Å². The van der Waals surface area contributed by atoms with Crippen LogP contribution >= 0.6 is 0 Å². The highest BCUT2D eigenvalue weighted by Crippen LogP contribution is 2.37. The average Bonchev–Trinajstić information content (AvgIpc) is 2.36. The SMILES string of the molecule is CCN(CC)CC(O)[C@@H]1CO[C@H]1c1ccccc1. The summed E-state index contributed by atoms with van der Waals surface area (Å²) in [4.78, 5) is 2.26. The van der Waals surface area contributed by atoms with Crippen LogP contribution in [0.4, 0.5) is 0 Å². The number of ether oxygens (including phenoxy) is 1. The molecule has 1 aromatic carbocycles. The van der Waals surface area contributed by atoms with Crippen LogP contribution in [0.15, 0.2) is 30.3 Å². The molecule has 1 heterocycles. The minimum Gasteiger partial charge on any atom is -0.391 e. The number of hydrogen-bond acceptors (Lipinski definition) is 3. The fourth-order valence-corrected chi connectivity index (χ4v) is 2.48. The van der Waals surface area contributed by atoms with E-state index in [0.717, 1.165) is 19.6 Å². The lowest BCUT2D eigenvalue weighted by Crippen LogP contribution is -2.46. The van der Waals surface area contributed by atoms with E-state index < -0.39 is 0 Å². The molecule has 0 amide bonds. The molecule has 1 aromatic rings. The largest absolute Gasteiger partial charge is 0.391 e. The van der Waals surface area contributed by atoms with Crippen LogP contribution in [0.3, 0.4) is 0 Å². The van der Waals surface area contributed by atoms with Crippen molar-refractivity contribution in [2.24, 2.45) is 5.92 Å². The molecule has 3 heteroatoms. The summed E-state index contributed by atoms with van der Waals surface area (Å²) < 4.78 is 5.62. The van der Waals surface area contributed by atoms with E-state index in [1.54, 1.807) is 0 Å². The fraction of sp³-hybridized carbons (Fsp3) is 0.600. The van der Waals surface area contributed by atoms with E-state index in [9.17, 15) is 5.11 Å². The summed E-state index contributed by atoms with van der Waals surface area (Å²) in [5.41, 5.74) is 1.17. The number of likely N-dealkylation sites (N-methyl/N-ethyl adjacent to an activating group) is 1. The maximum Gasteiger partial charge on any atom is 0.0900 e. The molecule has 1 N–H and O–H groups in total. The van der Waals surface area contributed by atoms with Gasteiger partial charge >= 0.3 is 0 Å². The summed E-state index contributed by atoms with van der Waals surface area (Å²) >= 11 is 0. The van der Waals surface area contributed by atoms with E-state index in [0.29, 0.717) is 6.61 Å². The zero-order valence-electron chi connectivity index (χ0n) is 11.2. The maximum absolute atomic E-state index is 10.3. The van der Waals surface area contributed by atoms with Crippen LogP contribution in [0, 0.1) is 5.92 Å². The van der Waals surface area contributed by atoms with Crippen molar-refractivity contribution in [1.29, 1.82) is 0 Å². The smallest absolute Gasteiger partial charge is 0.0900 e. The van der Waals surface area contributed by atoms with Crippen molar-refractivity contribution < 1.29 is 9.84 Å². The predicted octanol–water partition coefficient (Wildman–Crippen LogP) is 2.08. The second-order valence-corrected chi connectivity index (χ2v) is 4.88. The number of aliphatic hydroxyl groups excluding tert-OH is 1. The molecule has 2 rings (SSSR count).